The number of ether oxygens (including phenoxy) is 4. The number of hydrogen-bond acceptors (Lipinski definition) is 6. The zero-order chi connectivity index (χ0) is 17.8. The van der Waals surface area contributed by atoms with Crippen molar-refractivity contribution >= 4 is 15.9 Å². The molecule has 0 fully saturated rings. The summed E-state index contributed by atoms with van der Waals surface area (Å²) in [5, 5.41) is 11.3. The Hall–Kier alpha value is -1.96. The lowest BCUT2D eigenvalue weighted by Gasteiger charge is -2.38. The van der Waals surface area contributed by atoms with Crippen LogP contribution in [0, 0.1) is 0 Å². The quantitative estimate of drug-likeness (QED) is 0.806. The van der Waals surface area contributed by atoms with Crippen molar-refractivity contribution in [1.82, 2.24) is 4.90 Å². The Kier molecular flexibility index (Phi) is 3.77. The molecule has 0 saturated carbocycles. The Morgan fingerprint density at radius 1 is 1.08 bits per heavy atom. The van der Waals surface area contributed by atoms with E-state index >= 15 is 0 Å². The first-order valence-electron chi connectivity index (χ1n) is 8.52. The van der Waals surface area contributed by atoms with E-state index in [4.69, 9.17) is 18.9 Å². The summed E-state index contributed by atoms with van der Waals surface area (Å²) >= 11 is 3.58. The lowest BCUT2D eigenvalue weighted by Crippen LogP contribution is -2.36. The molecule has 7 heteroatoms. The zero-order valence-corrected chi connectivity index (χ0v) is 15.8. The van der Waals surface area contributed by atoms with Crippen LogP contribution >= 0.6 is 15.9 Å². The van der Waals surface area contributed by atoms with E-state index in [0.29, 0.717) is 11.5 Å². The van der Waals surface area contributed by atoms with Crippen LogP contribution in [0.3, 0.4) is 0 Å². The molecule has 0 radical (unpaired) electrons. The minimum Gasteiger partial charge on any atom is -0.454 e. The third-order valence-corrected chi connectivity index (χ3v) is 6.11. The Balaban J connectivity index is 1.58. The molecule has 136 valence electrons. The molecule has 3 heterocycles. The van der Waals surface area contributed by atoms with E-state index in [1.807, 2.05) is 31.3 Å². The van der Waals surface area contributed by atoms with Crippen LogP contribution < -0.4 is 18.9 Å². The van der Waals surface area contributed by atoms with Crippen LogP contribution in [-0.4, -0.2) is 37.2 Å². The summed E-state index contributed by atoms with van der Waals surface area (Å²) in [5.41, 5.74) is 3.03. The molecule has 3 aliphatic heterocycles. The van der Waals surface area contributed by atoms with Crippen LogP contribution in [-0.2, 0) is 6.42 Å². The van der Waals surface area contributed by atoms with Crippen LogP contribution in [0.4, 0.5) is 0 Å². The van der Waals surface area contributed by atoms with Gasteiger partial charge in [-0.15, -0.1) is 0 Å². The minimum atomic E-state index is -0.733. The summed E-state index contributed by atoms with van der Waals surface area (Å²) in [7, 11) is 2.03. The van der Waals surface area contributed by atoms with Crippen molar-refractivity contribution in [1.29, 1.82) is 0 Å². The Morgan fingerprint density at radius 2 is 1.81 bits per heavy atom. The Labute approximate surface area is 159 Å². The lowest BCUT2D eigenvalue weighted by atomic mass is 9.86. The number of rotatable bonds is 2. The molecule has 0 aliphatic carbocycles. The smallest absolute Gasteiger partial charge is 0.231 e. The molecule has 2 aromatic rings. The Morgan fingerprint density at radius 3 is 2.65 bits per heavy atom. The number of halogens is 1. The molecular formula is C19H18BrNO5. The fourth-order valence-corrected chi connectivity index (χ4v) is 4.60. The van der Waals surface area contributed by atoms with Crippen LogP contribution in [0.25, 0.3) is 0 Å². The zero-order valence-electron chi connectivity index (χ0n) is 14.2. The van der Waals surface area contributed by atoms with E-state index < -0.39 is 6.10 Å². The van der Waals surface area contributed by atoms with Gasteiger partial charge in [0.15, 0.2) is 23.0 Å². The van der Waals surface area contributed by atoms with Gasteiger partial charge >= 0.3 is 0 Å². The number of fused-ring (bicyclic) bond motifs is 3. The van der Waals surface area contributed by atoms with Crippen molar-refractivity contribution in [3.05, 3.63) is 45.4 Å². The molecule has 3 aliphatic rings. The van der Waals surface area contributed by atoms with E-state index in [1.54, 1.807) is 0 Å². The molecule has 0 unspecified atom stereocenters. The number of benzene rings is 2. The van der Waals surface area contributed by atoms with Crippen LogP contribution in [0.5, 0.6) is 23.0 Å². The maximum Gasteiger partial charge on any atom is 0.231 e. The normalized spacial score (nSPS) is 21.6. The molecule has 0 bridgehead atoms. The van der Waals surface area contributed by atoms with Gasteiger partial charge in [-0.1, -0.05) is 6.07 Å². The van der Waals surface area contributed by atoms with Crippen LogP contribution in [0.15, 0.2) is 28.7 Å². The SMILES string of the molecule is CN1CCc2cc3c(cc2[C@@H]1[C@@H](O)c1ccc2c(c1Br)OCO2)OCO3. The average Bonchev–Trinajstić information content (AvgIpc) is 3.28. The summed E-state index contributed by atoms with van der Waals surface area (Å²) < 4.78 is 22.7. The highest BCUT2D eigenvalue weighted by Gasteiger charge is 2.35. The number of likely N-dealkylation sites (N-methyl/N-ethyl adjacent to an activating group) is 1. The predicted molar refractivity (Wildman–Crippen MR) is 96.9 cm³/mol. The van der Waals surface area contributed by atoms with Gasteiger partial charge in [0.05, 0.1) is 16.6 Å². The predicted octanol–water partition coefficient (Wildman–Crippen LogP) is 3.17. The highest BCUT2D eigenvalue weighted by atomic mass is 79.9. The molecule has 5 rings (SSSR count). The van der Waals surface area contributed by atoms with Gasteiger partial charge in [0.25, 0.3) is 0 Å². The van der Waals surface area contributed by atoms with E-state index in [9.17, 15) is 5.11 Å². The minimum absolute atomic E-state index is 0.190. The van der Waals surface area contributed by atoms with Crippen molar-refractivity contribution in [2.24, 2.45) is 0 Å². The molecule has 0 spiro atoms. The lowest BCUT2D eigenvalue weighted by molar-refractivity contribution is 0.0553. The standard InChI is InChI=1S/C19H18BrNO5/c1-21-5-4-10-6-14-15(25-8-24-14)7-12(10)17(21)18(22)11-2-3-13-19(16(11)20)26-9-23-13/h2-3,6-7,17-18,22H,4-5,8-9H2,1H3/t17-,18+/m1/s1. The molecular weight excluding hydrogens is 402 g/mol. The van der Waals surface area contributed by atoms with Gasteiger partial charge < -0.3 is 24.1 Å². The summed E-state index contributed by atoms with van der Waals surface area (Å²) in [5.74, 6) is 2.85. The maximum absolute atomic E-state index is 11.3. The van der Waals surface area contributed by atoms with Gasteiger partial charge in [0.1, 0.15) is 0 Å². The van der Waals surface area contributed by atoms with E-state index in [-0.39, 0.29) is 19.6 Å². The fourth-order valence-electron chi connectivity index (χ4n) is 3.93. The Bertz CT molecular complexity index is 887. The van der Waals surface area contributed by atoms with Gasteiger partial charge in [0.2, 0.25) is 13.6 Å². The molecule has 0 aromatic heterocycles. The van der Waals surface area contributed by atoms with Crippen LogP contribution in [0.2, 0.25) is 0 Å². The van der Waals surface area contributed by atoms with E-state index in [0.717, 1.165) is 40.1 Å². The van der Waals surface area contributed by atoms with Crippen molar-refractivity contribution in [3.63, 3.8) is 0 Å². The molecule has 1 N–H and O–H groups in total. The molecule has 6 nitrogen and oxygen atoms in total. The number of hydrogen-bond donors (Lipinski definition) is 1. The van der Waals surface area contributed by atoms with Crippen molar-refractivity contribution in [3.8, 4) is 23.0 Å². The van der Waals surface area contributed by atoms with Crippen molar-refractivity contribution in [2.75, 3.05) is 27.2 Å². The second kappa shape index (κ2) is 6.04. The molecule has 2 atom stereocenters. The van der Waals surface area contributed by atoms with Crippen LogP contribution in [0.1, 0.15) is 28.8 Å². The second-order valence-corrected chi connectivity index (χ2v) is 7.52. The third kappa shape index (κ3) is 2.38. The molecule has 2 aromatic carbocycles. The summed E-state index contributed by atoms with van der Waals surface area (Å²) in [6.07, 6.45) is 0.178. The van der Waals surface area contributed by atoms with E-state index in [1.165, 1.54) is 5.56 Å². The van der Waals surface area contributed by atoms with Gasteiger partial charge in [-0.2, -0.15) is 0 Å². The summed E-state index contributed by atoms with van der Waals surface area (Å²) in [6.45, 7) is 1.30. The van der Waals surface area contributed by atoms with Gasteiger partial charge in [-0.05, 0) is 58.7 Å². The number of aliphatic hydroxyl groups is 1. The molecule has 0 saturated heterocycles. The highest BCUT2D eigenvalue weighted by molar-refractivity contribution is 9.10. The number of nitrogens with zero attached hydrogens (tertiary/aromatic N) is 1. The van der Waals surface area contributed by atoms with Gasteiger partial charge in [-0.25, -0.2) is 0 Å². The summed E-state index contributed by atoms with van der Waals surface area (Å²) in [6, 6.07) is 7.58. The van der Waals surface area contributed by atoms with Crippen molar-refractivity contribution in [2.45, 2.75) is 18.6 Å². The third-order valence-electron chi connectivity index (χ3n) is 5.29. The highest BCUT2D eigenvalue weighted by Crippen LogP contribution is 2.48. The monoisotopic (exact) mass is 419 g/mol. The molecule has 26 heavy (non-hydrogen) atoms. The van der Waals surface area contributed by atoms with E-state index in [2.05, 4.69) is 20.8 Å². The first-order valence-corrected chi connectivity index (χ1v) is 9.31. The largest absolute Gasteiger partial charge is 0.454 e. The van der Waals surface area contributed by atoms with Gasteiger partial charge in [0, 0.05) is 12.1 Å². The fraction of sp³-hybridized carbons (Fsp3) is 0.368. The number of aliphatic hydroxyl groups excluding tert-OH is 1. The topological polar surface area (TPSA) is 60.4 Å². The summed E-state index contributed by atoms with van der Waals surface area (Å²) in [4.78, 5) is 2.17. The maximum atomic E-state index is 11.3. The van der Waals surface area contributed by atoms with Crippen molar-refractivity contribution < 1.29 is 24.1 Å². The average molecular weight is 420 g/mol. The van der Waals surface area contributed by atoms with Gasteiger partial charge in [-0.3, -0.25) is 4.90 Å². The molecule has 0 amide bonds. The first-order chi connectivity index (χ1) is 12.6. The second-order valence-electron chi connectivity index (χ2n) is 6.73. The first kappa shape index (κ1) is 16.2.